The van der Waals surface area contributed by atoms with E-state index in [4.69, 9.17) is 46.4 Å². The fourth-order valence-electron chi connectivity index (χ4n) is 1.04. The first-order chi connectivity index (χ1) is 7.74. The van der Waals surface area contributed by atoms with Gasteiger partial charge in [0.1, 0.15) is 20.0 Å². The molecule has 96 valence electrons. The van der Waals surface area contributed by atoms with Crippen LogP contribution in [0.5, 0.6) is 0 Å². The zero-order valence-corrected chi connectivity index (χ0v) is 12.9. The van der Waals surface area contributed by atoms with Crippen LogP contribution in [0, 0.1) is 5.21 Å². The molecular formula is C7H5Cl4NO3S2. The van der Waals surface area contributed by atoms with Crippen LogP contribution < -0.4 is 4.73 Å². The highest BCUT2D eigenvalue weighted by Gasteiger charge is 2.31. The molecule has 0 spiro atoms. The van der Waals surface area contributed by atoms with Crippen molar-refractivity contribution in [1.82, 2.24) is 0 Å². The van der Waals surface area contributed by atoms with E-state index < -0.39 is 35.1 Å². The molecule has 1 rings (SSSR count). The topological polar surface area (TPSA) is 61.1 Å². The van der Waals surface area contributed by atoms with Crippen molar-refractivity contribution in [3.63, 3.8) is 0 Å². The minimum atomic E-state index is -3.76. The number of halogens is 4. The van der Waals surface area contributed by atoms with E-state index in [2.05, 4.69) is 0 Å². The zero-order valence-electron chi connectivity index (χ0n) is 8.21. The van der Waals surface area contributed by atoms with Gasteiger partial charge in [0.2, 0.25) is 0 Å². The largest absolute Gasteiger partial charge is 0.616 e. The van der Waals surface area contributed by atoms with Gasteiger partial charge in [0.25, 0.3) is 0 Å². The lowest BCUT2D eigenvalue weighted by Gasteiger charge is -2.10. The fourth-order valence-corrected chi connectivity index (χ4v) is 5.10. The quantitative estimate of drug-likeness (QED) is 0.474. The summed E-state index contributed by atoms with van der Waals surface area (Å²) in [5.41, 5.74) is 0. The van der Waals surface area contributed by atoms with Crippen molar-refractivity contribution < 1.29 is 13.1 Å². The molecule has 0 unspecified atom stereocenters. The predicted octanol–water partition coefficient (Wildman–Crippen LogP) is 3.03. The molecule has 0 atom stereocenters. The molecule has 10 heteroatoms. The van der Waals surface area contributed by atoms with Gasteiger partial charge in [-0.05, 0) is 29.5 Å². The molecular weight excluding hydrogens is 352 g/mol. The fraction of sp³-hybridized carbons (Fsp3) is 0.286. The summed E-state index contributed by atoms with van der Waals surface area (Å²) in [4.78, 5) is -0.419. The first kappa shape index (κ1) is 15.5. The third-order valence-electron chi connectivity index (χ3n) is 1.70. The van der Waals surface area contributed by atoms with Crippen LogP contribution in [0.2, 0.25) is 20.4 Å². The molecule has 1 aromatic heterocycles. The third kappa shape index (κ3) is 2.88. The molecule has 0 aromatic carbocycles. The van der Waals surface area contributed by atoms with E-state index in [9.17, 15) is 13.6 Å². The van der Waals surface area contributed by atoms with E-state index >= 15 is 0 Å². The summed E-state index contributed by atoms with van der Waals surface area (Å²) in [6, 6.07) is 0. The van der Waals surface area contributed by atoms with E-state index in [-0.39, 0.29) is 9.82 Å². The summed E-state index contributed by atoms with van der Waals surface area (Å²) in [7, 11) is -3.76. The molecule has 0 amide bonds. The van der Waals surface area contributed by atoms with Crippen LogP contribution in [-0.2, 0) is 9.84 Å². The molecule has 0 aliphatic carbocycles. The zero-order chi connectivity index (χ0) is 13.4. The van der Waals surface area contributed by atoms with Gasteiger partial charge in [0.05, 0.1) is 0 Å². The molecule has 0 aliphatic heterocycles. The van der Waals surface area contributed by atoms with E-state index in [0.29, 0.717) is 0 Å². The minimum Gasteiger partial charge on any atom is -0.616 e. The Labute approximate surface area is 122 Å². The Morgan fingerprint density at radius 3 is 1.94 bits per heavy atom. The maximum Gasteiger partial charge on any atom is 0.307 e. The number of sulfone groups is 1. The predicted molar refractivity (Wildman–Crippen MR) is 71.0 cm³/mol. The van der Waals surface area contributed by atoms with Gasteiger partial charge in [-0.1, -0.05) is 23.2 Å². The number of thioether (sulfide) groups is 1. The average Bonchev–Trinajstić information content (AvgIpc) is 2.23. The van der Waals surface area contributed by atoms with Crippen molar-refractivity contribution in [2.75, 3.05) is 11.3 Å². The summed E-state index contributed by atoms with van der Waals surface area (Å²) in [6.07, 6.45) is 1.60. The van der Waals surface area contributed by atoms with Gasteiger partial charge < -0.3 is 5.21 Å². The molecule has 0 aliphatic rings. The molecule has 0 fully saturated rings. The number of rotatable bonds is 3. The first-order valence-electron chi connectivity index (χ1n) is 3.91. The maximum absolute atomic E-state index is 11.9. The molecule has 17 heavy (non-hydrogen) atoms. The Morgan fingerprint density at radius 2 is 1.59 bits per heavy atom. The summed E-state index contributed by atoms with van der Waals surface area (Å²) in [6.45, 7) is 0. The standard InChI is InChI=1S/C7H5Cl4NO3S2/c1-16-2-17(14,15)5-3(8)6(10)12(13)7(11)4(5)9/h2H2,1H3. The monoisotopic (exact) mass is 355 g/mol. The third-order valence-corrected chi connectivity index (χ3v) is 6.75. The number of aromatic nitrogens is 1. The van der Waals surface area contributed by atoms with Crippen molar-refractivity contribution in [1.29, 1.82) is 0 Å². The Kier molecular flexibility index (Phi) is 5.08. The van der Waals surface area contributed by atoms with Crippen LogP contribution >= 0.6 is 58.2 Å². The normalized spacial score (nSPS) is 11.8. The molecule has 4 nitrogen and oxygen atoms in total. The van der Waals surface area contributed by atoms with Crippen LogP contribution in [0.15, 0.2) is 4.90 Å². The van der Waals surface area contributed by atoms with Crippen LogP contribution in [0.3, 0.4) is 0 Å². The highest BCUT2D eigenvalue weighted by molar-refractivity contribution is 8.12. The summed E-state index contributed by atoms with van der Waals surface area (Å²) < 4.78 is 23.8. The highest BCUT2D eigenvalue weighted by Crippen LogP contribution is 2.37. The van der Waals surface area contributed by atoms with Crippen LogP contribution in [0.25, 0.3) is 0 Å². The second-order valence-corrected chi connectivity index (χ2v) is 7.48. The number of nitrogens with zero attached hydrogens (tertiary/aromatic N) is 1. The summed E-state index contributed by atoms with van der Waals surface area (Å²) in [5, 5.41) is 9.18. The Bertz CT molecular complexity index is 532. The van der Waals surface area contributed by atoms with Crippen molar-refractivity contribution in [3.05, 3.63) is 25.6 Å². The molecule has 0 saturated carbocycles. The van der Waals surface area contributed by atoms with Gasteiger partial charge in [-0.25, -0.2) is 8.42 Å². The van der Waals surface area contributed by atoms with Crippen molar-refractivity contribution >= 4 is 68.0 Å². The Hall–Kier alpha value is 0.410. The van der Waals surface area contributed by atoms with Gasteiger partial charge in [-0.3, -0.25) is 0 Å². The van der Waals surface area contributed by atoms with Gasteiger partial charge in [0, 0.05) is 0 Å². The first-order valence-corrected chi connectivity index (χ1v) is 8.47. The van der Waals surface area contributed by atoms with Gasteiger partial charge in [-0.15, -0.1) is 16.5 Å². The second kappa shape index (κ2) is 5.59. The van der Waals surface area contributed by atoms with Crippen molar-refractivity contribution in [3.8, 4) is 0 Å². The van der Waals surface area contributed by atoms with E-state index in [1.165, 1.54) is 0 Å². The van der Waals surface area contributed by atoms with E-state index in [0.717, 1.165) is 11.8 Å². The molecule has 0 bridgehead atoms. The van der Waals surface area contributed by atoms with Crippen LogP contribution in [0.1, 0.15) is 0 Å². The van der Waals surface area contributed by atoms with Crippen molar-refractivity contribution in [2.24, 2.45) is 0 Å². The van der Waals surface area contributed by atoms with Crippen molar-refractivity contribution in [2.45, 2.75) is 4.90 Å². The molecule has 1 aromatic rings. The van der Waals surface area contributed by atoms with Crippen LogP contribution in [-0.4, -0.2) is 19.8 Å². The second-order valence-electron chi connectivity index (χ2n) is 2.85. The lowest BCUT2D eigenvalue weighted by Crippen LogP contribution is -2.31. The van der Waals surface area contributed by atoms with Gasteiger partial charge in [-0.2, -0.15) is 0 Å². The Morgan fingerprint density at radius 1 is 1.18 bits per heavy atom. The molecule has 0 radical (unpaired) electrons. The SMILES string of the molecule is CSCS(=O)(=O)c1c(Cl)c(Cl)[n+]([O-])c(Cl)c1Cl. The summed E-state index contributed by atoms with van der Waals surface area (Å²) >= 11 is 23.6. The van der Waals surface area contributed by atoms with Gasteiger partial charge in [0.15, 0.2) is 9.84 Å². The lowest BCUT2D eigenvalue weighted by atomic mass is 10.5. The number of pyridine rings is 1. The molecule has 0 N–H and O–H groups in total. The lowest BCUT2D eigenvalue weighted by molar-refractivity contribution is -0.600. The Balaban J connectivity index is 3.67. The minimum absolute atomic E-state index is 0.0614. The summed E-state index contributed by atoms with van der Waals surface area (Å²) in [5.74, 6) is 0. The van der Waals surface area contributed by atoms with Gasteiger partial charge >= 0.3 is 10.3 Å². The molecule has 0 saturated heterocycles. The average molecular weight is 357 g/mol. The van der Waals surface area contributed by atoms with Crippen LogP contribution in [0.4, 0.5) is 0 Å². The number of hydrogen-bond donors (Lipinski definition) is 0. The van der Waals surface area contributed by atoms with E-state index in [1.54, 1.807) is 6.26 Å². The molecule has 1 heterocycles. The highest BCUT2D eigenvalue weighted by atomic mass is 35.5. The van der Waals surface area contributed by atoms with E-state index in [1.807, 2.05) is 0 Å². The smallest absolute Gasteiger partial charge is 0.307 e. The maximum atomic E-state index is 11.9. The number of hydrogen-bond acceptors (Lipinski definition) is 4.